The number of phenols is 2. The summed E-state index contributed by atoms with van der Waals surface area (Å²) < 4.78 is 10.9. The highest BCUT2D eigenvalue weighted by atomic mass is 16.5. The van der Waals surface area contributed by atoms with Crippen molar-refractivity contribution in [3.63, 3.8) is 0 Å². The first-order valence-corrected chi connectivity index (χ1v) is 16.6. The largest absolute Gasteiger partial charge is 0.504 e. The molecule has 2 aromatic rings. The number of ketones is 2. The summed E-state index contributed by atoms with van der Waals surface area (Å²) in [5.41, 5.74) is 2.35. The second-order valence-corrected chi connectivity index (χ2v) is 14.3. The van der Waals surface area contributed by atoms with Crippen LogP contribution in [-0.2, 0) is 22.4 Å². The predicted molar refractivity (Wildman–Crippen MR) is 175 cm³/mol. The van der Waals surface area contributed by atoms with Crippen molar-refractivity contribution in [2.45, 2.75) is 83.3 Å². The number of aromatic hydroxyl groups is 2. The van der Waals surface area contributed by atoms with Crippen molar-refractivity contribution in [3.05, 3.63) is 70.8 Å². The van der Waals surface area contributed by atoms with Crippen LogP contribution < -0.4 is 14.8 Å². The van der Waals surface area contributed by atoms with Crippen LogP contribution in [0.5, 0.6) is 23.0 Å². The molecule has 4 aliphatic rings. The molecule has 1 unspecified atom stereocenters. The first kappa shape index (κ1) is 32.3. The Morgan fingerprint density at radius 2 is 1.67 bits per heavy atom. The summed E-state index contributed by atoms with van der Waals surface area (Å²) in [5, 5.41) is 35.7. The van der Waals surface area contributed by atoms with E-state index in [1.807, 2.05) is 24.3 Å². The molecular weight excluding hydrogens is 582 g/mol. The lowest BCUT2D eigenvalue weighted by Crippen LogP contribution is -2.57. The third kappa shape index (κ3) is 5.43. The Morgan fingerprint density at radius 3 is 2.39 bits per heavy atom. The van der Waals surface area contributed by atoms with Gasteiger partial charge in [-0.3, -0.25) is 9.59 Å². The third-order valence-electron chi connectivity index (χ3n) is 12.0. The molecule has 0 heterocycles. The van der Waals surface area contributed by atoms with Gasteiger partial charge in [0.1, 0.15) is 5.60 Å². The maximum Gasteiger partial charge on any atom is 0.178 e. The number of fused-ring (bicyclic) bond motifs is 5. The van der Waals surface area contributed by atoms with Gasteiger partial charge in [0.05, 0.1) is 20.8 Å². The Hall–Kier alpha value is -3.62. The number of methoxy groups -OCH3 is 2. The second-order valence-electron chi connectivity index (χ2n) is 14.3. The van der Waals surface area contributed by atoms with Crippen molar-refractivity contribution in [2.24, 2.45) is 22.7 Å². The molecule has 2 saturated carbocycles. The number of hydrogen-bond donors (Lipinski definition) is 4. The zero-order valence-electron chi connectivity index (χ0n) is 27.4. The van der Waals surface area contributed by atoms with Gasteiger partial charge in [0.2, 0.25) is 0 Å². The first-order valence-electron chi connectivity index (χ1n) is 16.6. The van der Waals surface area contributed by atoms with E-state index in [0.717, 1.165) is 36.8 Å². The highest BCUT2D eigenvalue weighted by Crippen LogP contribution is 2.65. The van der Waals surface area contributed by atoms with Gasteiger partial charge in [-0.25, -0.2) is 0 Å². The van der Waals surface area contributed by atoms with Crippen LogP contribution in [0.25, 0.3) is 0 Å². The van der Waals surface area contributed by atoms with E-state index in [2.05, 4.69) is 25.2 Å². The summed E-state index contributed by atoms with van der Waals surface area (Å²) >= 11 is 0. The van der Waals surface area contributed by atoms with Crippen LogP contribution in [0.2, 0.25) is 0 Å². The number of rotatable bonds is 10. The zero-order chi connectivity index (χ0) is 32.9. The minimum atomic E-state index is -1.45. The van der Waals surface area contributed by atoms with E-state index in [1.54, 1.807) is 20.3 Å². The molecule has 46 heavy (non-hydrogen) atoms. The van der Waals surface area contributed by atoms with Gasteiger partial charge >= 0.3 is 0 Å². The highest BCUT2D eigenvalue weighted by Gasteiger charge is 2.64. The molecule has 0 radical (unpaired) electrons. The Morgan fingerprint density at radius 1 is 0.957 bits per heavy atom. The molecule has 4 aliphatic carbocycles. The highest BCUT2D eigenvalue weighted by molar-refractivity contribution is 5.92. The van der Waals surface area contributed by atoms with Crippen LogP contribution in [0.1, 0.15) is 69.9 Å². The van der Waals surface area contributed by atoms with Crippen LogP contribution >= 0.6 is 0 Å². The number of phenolic OH excluding ortho intramolecular Hbond substituents is 2. The van der Waals surface area contributed by atoms with E-state index in [0.29, 0.717) is 49.5 Å². The summed E-state index contributed by atoms with van der Waals surface area (Å²) in [5.74, 6) is 1.42. The van der Waals surface area contributed by atoms with Crippen LogP contribution in [0.15, 0.2) is 59.7 Å². The van der Waals surface area contributed by atoms with Crippen LogP contribution in [0.3, 0.4) is 0 Å². The van der Waals surface area contributed by atoms with E-state index in [9.17, 15) is 24.9 Å². The van der Waals surface area contributed by atoms with E-state index in [1.165, 1.54) is 23.3 Å². The van der Waals surface area contributed by atoms with Crippen molar-refractivity contribution in [2.75, 3.05) is 20.8 Å². The number of carbonyl (C=O) groups excluding carboxylic acids is 2. The Balaban J connectivity index is 1.22. The molecular formula is C38H47NO7. The van der Waals surface area contributed by atoms with E-state index >= 15 is 0 Å². The van der Waals surface area contributed by atoms with Crippen LogP contribution in [-0.4, -0.2) is 59.3 Å². The van der Waals surface area contributed by atoms with Gasteiger partial charge in [-0.05, 0) is 105 Å². The molecule has 6 atom stereocenters. The Bertz CT molecular complexity index is 1600. The number of carbonyl (C=O) groups is 2. The molecule has 8 heteroatoms. The average Bonchev–Trinajstić information content (AvgIpc) is 3.32. The van der Waals surface area contributed by atoms with Crippen molar-refractivity contribution in [1.82, 2.24) is 5.32 Å². The quantitative estimate of drug-likeness (QED) is 0.198. The minimum absolute atomic E-state index is 0.00871. The van der Waals surface area contributed by atoms with E-state index in [-0.39, 0.29) is 47.0 Å². The van der Waals surface area contributed by atoms with Crippen LogP contribution in [0, 0.1) is 22.7 Å². The molecule has 2 fully saturated rings. The summed E-state index contributed by atoms with van der Waals surface area (Å²) in [6.07, 6.45) is 10.4. The van der Waals surface area contributed by atoms with Crippen molar-refractivity contribution < 1.29 is 34.4 Å². The molecule has 246 valence electrons. The fraction of sp³-hybridized carbons (Fsp3) is 0.526. The molecule has 8 nitrogen and oxygen atoms in total. The second kappa shape index (κ2) is 12.2. The van der Waals surface area contributed by atoms with E-state index in [4.69, 9.17) is 9.47 Å². The van der Waals surface area contributed by atoms with Gasteiger partial charge < -0.3 is 30.1 Å². The third-order valence-corrected chi connectivity index (χ3v) is 12.0. The number of aliphatic hydroxyl groups is 1. The summed E-state index contributed by atoms with van der Waals surface area (Å²) in [6.45, 7) is 4.40. The average molecular weight is 630 g/mol. The number of ether oxygens (including phenoxy) is 2. The molecule has 2 aromatic carbocycles. The van der Waals surface area contributed by atoms with Gasteiger partial charge in [0, 0.05) is 23.3 Å². The maximum absolute atomic E-state index is 14.1. The molecule has 0 amide bonds. The lowest BCUT2D eigenvalue weighted by Gasteiger charge is -2.54. The molecule has 0 spiro atoms. The molecule has 0 saturated heterocycles. The Labute approximate surface area is 271 Å². The minimum Gasteiger partial charge on any atom is -0.504 e. The summed E-state index contributed by atoms with van der Waals surface area (Å²) in [6, 6.07) is 10.3. The lowest BCUT2D eigenvalue weighted by atomic mass is 9.50. The smallest absolute Gasteiger partial charge is 0.178 e. The van der Waals surface area contributed by atoms with Crippen LogP contribution in [0.4, 0.5) is 0 Å². The Kier molecular flexibility index (Phi) is 8.57. The number of benzene rings is 2. The normalized spacial score (nSPS) is 30.8. The van der Waals surface area contributed by atoms with Gasteiger partial charge in [-0.2, -0.15) is 0 Å². The van der Waals surface area contributed by atoms with Gasteiger partial charge in [-0.15, -0.1) is 0 Å². The maximum atomic E-state index is 14.1. The SMILES string of the molecule is COc1ccc(CC(Cc2ccc(O)c(O)c2)NCC(=O)[C@@]2(O)CC[C@H]3[C@@H]4CCC5=CC(=O)CC[C@]5(C)C4=CC[C@@]32C)cc1OC. The van der Waals surface area contributed by atoms with Gasteiger partial charge in [0.15, 0.2) is 34.6 Å². The zero-order valence-corrected chi connectivity index (χ0v) is 27.4. The standard InChI is InChI=1S/C38H47NO7/c1-36-14-11-27(40)21-25(36)7-8-28-29(36)12-15-37(2)30(28)13-16-38(37,44)35(43)22-39-26(17-23-5-9-31(41)32(42)19-23)18-24-6-10-33(45-3)34(20-24)46-4/h5-6,9-10,12,19-21,26,28,30,39,41-42,44H,7-8,11,13-18,22H2,1-4H3/t26?,28-,30+,36+,37+,38+/m1/s1. The van der Waals surface area contributed by atoms with E-state index < -0.39 is 11.0 Å². The number of hydrogen-bond acceptors (Lipinski definition) is 8. The predicted octanol–water partition coefficient (Wildman–Crippen LogP) is 5.61. The summed E-state index contributed by atoms with van der Waals surface area (Å²) in [4.78, 5) is 26.3. The molecule has 6 rings (SSSR count). The fourth-order valence-electron chi connectivity index (χ4n) is 9.20. The molecule has 0 aromatic heterocycles. The lowest BCUT2D eigenvalue weighted by molar-refractivity contribution is -0.152. The summed E-state index contributed by atoms with van der Waals surface area (Å²) in [7, 11) is 3.18. The van der Waals surface area contributed by atoms with Gasteiger partial charge in [-0.1, -0.05) is 43.2 Å². The number of Topliss-reactive ketones (excluding diaryl/α,β-unsaturated/α-hetero) is 1. The monoisotopic (exact) mass is 629 g/mol. The van der Waals surface area contributed by atoms with Crippen molar-refractivity contribution >= 4 is 11.6 Å². The van der Waals surface area contributed by atoms with Crippen molar-refractivity contribution in [3.8, 4) is 23.0 Å². The molecule has 0 bridgehead atoms. The topological polar surface area (TPSA) is 125 Å². The first-order chi connectivity index (χ1) is 21.9. The van der Waals surface area contributed by atoms with Gasteiger partial charge in [0.25, 0.3) is 0 Å². The number of allylic oxidation sites excluding steroid dienone is 4. The van der Waals surface area contributed by atoms with Crippen molar-refractivity contribution in [1.29, 1.82) is 0 Å². The number of nitrogens with one attached hydrogen (secondary N) is 1. The fourth-order valence-corrected chi connectivity index (χ4v) is 9.20. The molecule has 4 N–H and O–H groups in total. The molecule has 0 aliphatic heterocycles.